The standard InChI is InChI=1S/C12H19N5O2/c13-9-5-8(6-16(7-9)12(18)19)11-15-14-10-3-1-2-4-17(10)11/h8-9H,1-7,13H2,(H,18,19). The van der Waals surface area contributed by atoms with Crippen molar-refractivity contribution in [3.8, 4) is 0 Å². The average molecular weight is 265 g/mol. The number of nitrogens with zero attached hydrogens (tertiary/aromatic N) is 4. The number of carbonyl (C=O) groups is 1. The lowest BCUT2D eigenvalue weighted by Gasteiger charge is -2.34. The number of carboxylic acid groups (broad SMARTS) is 1. The Bertz CT molecular complexity index is 486. The number of nitrogens with two attached hydrogens (primary N) is 1. The van der Waals surface area contributed by atoms with E-state index in [0.29, 0.717) is 13.1 Å². The van der Waals surface area contributed by atoms with E-state index in [0.717, 1.165) is 43.9 Å². The highest BCUT2D eigenvalue weighted by Crippen LogP contribution is 2.27. The van der Waals surface area contributed by atoms with Gasteiger partial charge in [-0.05, 0) is 19.3 Å². The van der Waals surface area contributed by atoms with Crippen LogP contribution in [0.3, 0.4) is 0 Å². The summed E-state index contributed by atoms with van der Waals surface area (Å²) in [6.45, 7) is 1.82. The molecule has 3 N–H and O–H groups in total. The van der Waals surface area contributed by atoms with Crippen molar-refractivity contribution in [1.29, 1.82) is 0 Å². The Morgan fingerprint density at radius 2 is 2.16 bits per heavy atom. The Balaban J connectivity index is 1.85. The minimum atomic E-state index is -0.904. The molecule has 1 fully saturated rings. The lowest BCUT2D eigenvalue weighted by atomic mass is 9.94. The van der Waals surface area contributed by atoms with Gasteiger partial charge in [0.2, 0.25) is 0 Å². The van der Waals surface area contributed by atoms with Crippen molar-refractivity contribution in [2.75, 3.05) is 13.1 Å². The van der Waals surface area contributed by atoms with Gasteiger partial charge in [0.25, 0.3) is 0 Å². The van der Waals surface area contributed by atoms with Crippen molar-refractivity contribution in [3.63, 3.8) is 0 Å². The molecular formula is C12H19N5O2. The molecule has 2 aliphatic rings. The molecule has 1 amide bonds. The third-order valence-electron chi connectivity index (χ3n) is 4.01. The van der Waals surface area contributed by atoms with Gasteiger partial charge in [0, 0.05) is 38.0 Å². The Labute approximate surface area is 111 Å². The van der Waals surface area contributed by atoms with Gasteiger partial charge in [-0.3, -0.25) is 0 Å². The second kappa shape index (κ2) is 4.80. The maximum Gasteiger partial charge on any atom is 0.407 e. The molecular weight excluding hydrogens is 246 g/mol. The zero-order valence-electron chi connectivity index (χ0n) is 10.8. The fourth-order valence-corrected chi connectivity index (χ4v) is 3.11. The molecule has 3 heterocycles. The fourth-order valence-electron chi connectivity index (χ4n) is 3.11. The van der Waals surface area contributed by atoms with Crippen LogP contribution in [0, 0.1) is 0 Å². The minimum Gasteiger partial charge on any atom is -0.465 e. The summed E-state index contributed by atoms with van der Waals surface area (Å²) in [5.41, 5.74) is 5.97. The van der Waals surface area contributed by atoms with E-state index < -0.39 is 6.09 Å². The summed E-state index contributed by atoms with van der Waals surface area (Å²) in [6, 6.07) is -0.119. The van der Waals surface area contributed by atoms with E-state index in [-0.39, 0.29) is 12.0 Å². The quantitative estimate of drug-likeness (QED) is 0.766. The molecule has 1 aromatic heterocycles. The number of fused-ring (bicyclic) bond motifs is 1. The molecule has 0 spiro atoms. The van der Waals surface area contributed by atoms with E-state index in [1.165, 1.54) is 4.90 Å². The Morgan fingerprint density at radius 3 is 2.95 bits per heavy atom. The molecule has 7 nitrogen and oxygen atoms in total. The van der Waals surface area contributed by atoms with Crippen molar-refractivity contribution in [3.05, 3.63) is 11.6 Å². The number of hydrogen-bond acceptors (Lipinski definition) is 4. The van der Waals surface area contributed by atoms with Gasteiger partial charge in [0.15, 0.2) is 0 Å². The van der Waals surface area contributed by atoms with E-state index in [1.54, 1.807) is 0 Å². The molecule has 0 radical (unpaired) electrons. The molecule has 0 saturated carbocycles. The average Bonchev–Trinajstić information content (AvgIpc) is 2.81. The molecule has 0 bridgehead atoms. The van der Waals surface area contributed by atoms with E-state index >= 15 is 0 Å². The highest BCUT2D eigenvalue weighted by molar-refractivity contribution is 5.65. The highest BCUT2D eigenvalue weighted by Gasteiger charge is 2.32. The predicted molar refractivity (Wildman–Crippen MR) is 67.9 cm³/mol. The van der Waals surface area contributed by atoms with Crippen LogP contribution in [-0.4, -0.2) is 50.0 Å². The van der Waals surface area contributed by atoms with Gasteiger partial charge in [-0.15, -0.1) is 10.2 Å². The zero-order chi connectivity index (χ0) is 13.4. The van der Waals surface area contributed by atoms with E-state index in [2.05, 4.69) is 14.8 Å². The molecule has 3 rings (SSSR count). The summed E-state index contributed by atoms with van der Waals surface area (Å²) in [6.07, 6.45) is 3.14. The molecule has 7 heteroatoms. The first-order chi connectivity index (χ1) is 9.15. The number of rotatable bonds is 1. The van der Waals surface area contributed by atoms with Gasteiger partial charge >= 0.3 is 6.09 Å². The Kier molecular flexibility index (Phi) is 3.14. The van der Waals surface area contributed by atoms with Crippen molar-refractivity contribution in [1.82, 2.24) is 19.7 Å². The van der Waals surface area contributed by atoms with Crippen LogP contribution in [0.25, 0.3) is 0 Å². The van der Waals surface area contributed by atoms with Gasteiger partial charge in [-0.25, -0.2) is 4.79 Å². The van der Waals surface area contributed by atoms with Crippen LogP contribution < -0.4 is 5.73 Å². The maximum absolute atomic E-state index is 11.1. The first kappa shape index (κ1) is 12.4. The predicted octanol–water partition coefficient (Wildman–Crippen LogP) is 0.409. The van der Waals surface area contributed by atoms with Gasteiger partial charge in [-0.2, -0.15) is 0 Å². The van der Waals surface area contributed by atoms with Crippen molar-refractivity contribution >= 4 is 6.09 Å². The van der Waals surface area contributed by atoms with Crippen molar-refractivity contribution in [2.45, 2.75) is 44.2 Å². The summed E-state index contributed by atoms with van der Waals surface area (Å²) < 4.78 is 2.16. The smallest absolute Gasteiger partial charge is 0.407 e. The molecule has 1 saturated heterocycles. The molecule has 0 aliphatic carbocycles. The van der Waals surface area contributed by atoms with Crippen LogP contribution in [0.2, 0.25) is 0 Å². The molecule has 2 aliphatic heterocycles. The number of aryl methyl sites for hydroxylation is 1. The SMILES string of the molecule is NC1CC(c2nnc3n2CCCC3)CN(C(=O)O)C1. The van der Waals surface area contributed by atoms with Gasteiger partial charge in [-0.1, -0.05) is 0 Å². The minimum absolute atomic E-state index is 0.0687. The Morgan fingerprint density at radius 1 is 1.32 bits per heavy atom. The third kappa shape index (κ3) is 2.30. The highest BCUT2D eigenvalue weighted by atomic mass is 16.4. The number of likely N-dealkylation sites (tertiary alicyclic amines) is 1. The lowest BCUT2D eigenvalue weighted by Crippen LogP contribution is -2.48. The number of aromatic nitrogens is 3. The first-order valence-corrected chi connectivity index (χ1v) is 6.80. The first-order valence-electron chi connectivity index (χ1n) is 6.80. The summed E-state index contributed by atoms with van der Waals surface area (Å²) in [5, 5.41) is 17.7. The topological polar surface area (TPSA) is 97.3 Å². The zero-order valence-corrected chi connectivity index (χ0v) is 10.8. The van der Waals surface area contributed by atoms with Crippen LogP contribution in [0.5, 0.6) is 0 Å². The van der Waals surface area contributed by atoms with Crippen molar-refractivity contribution in [2.24, 2.45) is 5.73 Å². The van der Waals surface area contributed by atoms with Crippen LogP contribution >= 0.6 is 0 Å². The largest absolute Gasteiger partial charge is 0.465 e. The number of hydrogen-bond donors (Lipinski definition) is 2. The molecule has 1 aromatic rings. The van der Waals surface area contributed by atoms with E-state index in [4.69, 9.17) is 10.8 Å². The molecule has 2 atom stereocenters. The summed E-state index contributed by atoms with van der Waals surface area (Å²) in [4.78, 5) is 12.5. The van der Waals surface area contributed by atoms with Gasteiger partial charge in [0.05, 0.1) is 0 Å². The molecule has 0 aromatic carbocycles. The summed E-state index contributed by atoms with van der Waals surface area (Å²) in [7, 11) is 0. The normalized spacial score (nSPS) is 27.1. The van der Waals surface area contributed by atoms with Crippen LogP contribution in [0.4, 0.5) is 4.79 Å². The number of amides is 1. The monoisotopic (exact) mass is 265 g/mol. The molecule has 19 heavy (non-hydrogen) atoms. The van der Waals surface area contributed by atoms with Crippen LogP contribution in [0.15, 0.2) is 0 Å². The van der Waals surface area contributed by atoms with E-state index in [1.807, 2.05) is 0 Å². The van der Waals surface area contributed by atoms with Gasteiger partial charge in [0.1, 0.15) is 11.6 Å². The second-order valence-corrected chi connectivity index (χ2v) is 5.46. The van der Waals surface area contributed by atoms with Crippen LogP contribution in [0.1, 0.15) is 36.8 Å². The lowest BCUT2D eigenvalue weighted by molar-refractivity contribution is 0.123. The summed E-state index contributed by atoms with van der Waals surface area (Å²) >= 11 is 0. The summed E-state index contributed by atoms with van der Waals surface area (Å²) in [5.74, 6) is 2.01. The Hall–Kier alpha value is -1.63. The third-order valence-corrected chi connectivity index (χ3v) is 4.01. The fraction of sp³-hybridized carbons (Fsp3) is 0.750. The molecule has 104 valence electrons. The van der Waals surface area contributed by atoms with Gasteiger partial charge < -0.3 is 20.3 Å². The maximum atomic E-state index is 11.1. The van der Waals surface area contributed by atoms with E-state index in [9.17, 15) is 4.79 Å². The second-order valence-electron chi connectivity index (χ2n) is 5.46. The van der Waals surface area contributed by atoms with Crippen LogP contribution in [-0.2, 0) is 13.0 Å². The molecule has 2 unspecified atom stereocenters. The van der Waals surface area contributed by atoms with Crippen molar-refractivity contribution < 1.29 is 9.90 Å². The number of piperidine rings is 1.